The molecule has 2 aliphatic rings. The zero-order chi connectivity index (χ0) is 15.0. The van der Waals surface area contributed by atoms with Gasteiger partial charge >= 0.3 is 0 Å². The molecule has 1 unspecified atom stereocenters. The molecule has 0 bridgehead atoms. The second kappa shape index (κ2) is 5.64. The van der Waals surface area contributed by atoms with Crippen LogP contribution < -0.4 is 5.43 Å². The van der Waals surface area contributed by atoms with Crippen LogP contribution in [0.3, 0.4) is 0 Å². The van der Waals surface area contributed by atoms with Crippen molar-refractivity contribution in [3.8, 4) is 0 Å². The van der Waals surface area contributed by atoms with Crippen molar-refractivity contribution in [1.82, 2.24) is 15.3 Å². The van der Waals surface area contributed by atoms with Crippen LogP contribution in [0, 0.1) is 5.82 Å². The van der Waals surface area contributed by atoms with E-state index in [2.05, 4.69) is 22.4 Å². The summed E-state index contributed by atoms with van der Waals surface area (Å²) in [7, 11) is -1.20. The van der Waals surface area contributed by atoms with Gasteiger partial charge in [-0.1, -0.05) is 0 Å². The lowest BCUT2D eigenvalue weighted by molar-refractivity contribution is 0.0848. The summed E-state index contributed by atoms with van der Waals surface area (Å²) < 4.78 is 37.7. The predicted molar refractivity (Wildman–Crippen MR) is 78.0 cm³/mol. The molecule has 1 atom stereocenters. The number of sulfone groups is 1. The zero-order valence-corrected chi connectivity index (χ0v) is 12.9. The first-order chi connectivity index (χ1) is 9.95. The number of nitrogens with zero attached hydrogens (tertiary/aromatic N) is 2. The number of hydrogen-bond donors (Lipinski definition) is 1. The Kier molecular flexibility index (Phi) is 4.00. The monoisotopic (exact) mass is 313 g/mol. The summed E-state index contributed by atoms with van der Waals surface area (Å²) >= 11 is 0. The van der Waals surface area contributed by atoms with Gasteiger partial charge in [-0.3, -0.25) is 0 Å². The standard InChI is InChI=1S/C14H20FN3O2S/c1-17-5-7-18(8-6-17)16-13-4-9-21(19,20)14-3-2-11(15)10-12(13)14/h2-3,10,13,16H,4-9H2,1H3. The number of hydrazine groups is 1. The molecule has 1 N–H and O–H groups in total. The Balaban J connectivity index is 1.83. The fraction of sp³-hybridized carbons (Fsp3) is 0.571. The number of benzene rings is 1. The van der Waals surface area contributed by atoms with Crippen LogP contribution in [0.15, 0.2) is 23.1 Å². The van der Waals surface area contributed by atoms with Crippen LogP contribution in [0.25, 0.3) is 0 Å². The SMILES string of the molecule is CN1CCN(NC2CCS(=O)(=O)c3ccc(F)cc32)CC1. The first kappa shape index (κ1) is 14.9. The van der Waals surface area contributed by atoms with Crippen molar-refractivity contribution in [3.05, 3.63) is 29.6 Å². The summed E-state index contributed by atoms with van der Waals surface area (Å²) in [4.78, 5) is 2.51. The van der Waals surface area contributed by atoms with Gasteiger partial charge in [0.1, 0.15) is 5.82 Å². The zero-order valence-electron chi connectivity index (χ0n) is 12.0. The molecule has 0 aliphatic carbocycles. The van der Waals surface area contributed by atoms with Crippen LogP contribution in [-0.4, -0.2) is 57.3 Å². The normalized spacial score (nSPS) is 26.5. The number of nitrogens with one attached hydrogen (secondary N) is 1. The molecule has 0 aromatic heterocycles. The van der Waals surface area contributed by atoms with E-state index in [1.54, 1.807) is 0 Å². The molecule has 5 nitrogen and oxygen atoms in total. The largest absolute Gasteiger partial charge is 0.304 e. The van der Waals surface area contributed by atoms with Gasteiger partial charge in [-0.2, -0.15) is 0 Å². The fourth-order valence-electron chi connectivity index (χ4n) is 2.90. The van der Waals surface area contributed by atoms with Crippen molar-refractivity contribution in [1.29, 1.82) is 0 Å². The van der Waals surface area contributed by atoms with Crippen LogP contribution in [0.5, 0.6) is 0 Å². The lowest BCUT2D eigenvalue weighted by Gasteiger charge is -2.37. The first-order valence-electron chi connectivity index (χ1n) is 7.17. The molecule has 1 aromatic rings. The minimum absolute atomic E-state index is 0.108. The summed E-state index contributed by atoms with van der Waals surface area (Å²) in [5, 5.41) is 2.11. The molecule has 0 saturated carbocycles. The molecule has 3 rings (SSSR count). The van der Waals surface area contributed by atoms with E-state index in [-0.39, 0.29) is 16.7 Å². The van der Waals surface area contributed by atoms with Crippen LogP contribution in [0.4, 0.5) is 4.39 Å². The van der Waals surface area contributed by atoms with E-state index in [0.29, 0.717) is 12.0 Å². The van der Waals surface area contributed by atoms with E-state index < -0.39 is 15.7 Å². The Morgan fingerprint density at radius 3 is 2.67 bits per heavy atom. The van der Waals surface area contributed by atoms with Gasteiger partial charge in [0.2, 0.25) is 0 Å². The molecule has 7 heteroatoms. The quantitative estimate of drug-likeness (QED) is 0.819. The molecule has 1 aromatic carbocycles. The summed E-state index contributed by atoms with van der Waals surface area (Å²) in [6, 6.07) is 3.81. The Morgan fingerprint density at radius 1 is 1.24 bits per heavy atom. The topological polar surface area (TPSA) is 52.6 Å². The van der Waals surface area contributed by atoms with E-state index >= 15 is 0 Å². The molecular formula is C14H20FN3O2S. The third-order valence-electron chi connectivity index (χ3n) is 4.20. The third kappa shape index (κ3) is 3.11. The Hall–Kier alpha value is -1.02. The van der Waals surface area contributed by atoms with Gasteiger partial charge < -0.3 is 4.90 Å². The molecule has 1 fully saturated rings. The lowest BCUT2D eigenvalue weighted by Crippen LogP contribution is -2.52. The van der Waals surface area contributed by atoms with Crippen molar-refractivity contribution in [2.45, 2.75) is 17.4 Å². The highest BCUT2D eigenvalue weighted by Gasteiger charge is 2.31. The highest BCUT2D eigenvalue weighted by Crippen LogP contribution is 2.32. The highest BCUT2D eigenvalue weighted by molar-refractivity contribution is 7.91. The van der Waals surface area contributed by atoms with E-state index in [9.17, 15) is 12.8 Å². The molecule has 2 heterocycles. The van der Waals surface area contributed by atoms with Gasteiger partial charge in [0.25, 0.3) is 0 Å². The van der Waals surface area contributed by atoms with E-state index in [1.807, 2.05) is 0 Å². The molecule has 1 saturated heterocycles. The number of piperazine rings is 1. The smallest absolute Gasteiger partial charge is 0.178 e. The van der Waals surface area contributed by atoms with Crippen molar-refractivity contribution < 1.29 is 12.8 Å². The van der Waals surface area contributed by atoms with Gasteiger partial charge in [0.05, 0.1) is 10.6 Å². The number of hydrogen-bond acceptors (Lipinski definition) is 5. The van der Waals surface area contributed by atoms with E-state index in [4.69, 9.17) is 0 Å². The van der Waals surface area contributed by atoms with Crippen molar-refractivity contribution in [2.24, 2.45) is 0 Å². The number of fused-ring (bicyclic) bond motifs is 1. The highest BCUT2D eigenvalue weighted by atomic mass is 32.2. The average Bonchev–Trinajstić information content (AvgIpc) is 2.44. The minimum Gasteiger partial charge on any atom is -0.304 e. The fourth-order valence-corrected chi connectivity index (χ4v) is 4.50. The van der Waals surface area contributed by atoms with Crippen LogP contribution >= 0.6 is 0 Å². The summed E-state index contributed by atoms with van der Waals surface area (Å²) in [6.07, 6.45) is 0.477. The van der Waals surface area contributed by atoms with E-state index in [1.165, 1.54) is 18.2 Å². The molecule has 2 aliphatic heterocycles. The number of rotatable bonds is 2. The minimum atomic E-state index is -3.27. The molecular weight excluding hydrogens is 293 g/mol. The molecule has 116 valence electrons. The van der Waals surface area contributed by atoms with Gasteiger partial charge in [-0.05, 0) is 37.2 Å². The maximum atomic E-state index is 13.5. The van der Waals surface area contributed by atoms with Crippen LogP contribution in [0.1, 0.15) is 18.0 Å². The Morgan fingerprint density at radius 2 is 1.95 bits per heavy atom. The first-order valence-corrected chi connectivity index (χ1v) is 8.83. The average molecular weight is 313 g/mol. The van der Waals surface area contributed by atoms with Crippen molar-refractivity contribution in [2.75, 3.05) is 39.0 Å². The molecule has 0 radical (unpaired) electrons. The molecule has 0 amide bonds. The van der Waals surface area contributed by atoms with Crippen molar-refractivity contribution >= 4 is 9.84 Å². The van der Waals surface area contributed by atoms with Gasteiger partial charge in [-0.15, -0.1) is 0 Å². The molecule has 0 spiro atoms. The lowest BCUT2D eigenvalue weighted by atomic mass is 10.0. The third-order valence-corrected chi connectivity index (χ3v) is 6.01. The summed E-state index contributed by atoms with van der Waals surface area (Å²) in [6.45, 7) is 3.69. The predicted octanol–water partition coefficient (Wildman–Crippen LogP) is 0.796. The second-order valence-corrected chi connectivity index (χ2v) is 7.84. The summed E-state index contributed by atoms with van der Waals surface area (Å²) in [5.74, 6) is -0.284. The number of halogens is 1. The number of likely N-dealkylation sites (N-methyl/N-ethyl adjacent to an activating group) is 1. The van der Waals surface area contributed by atoms with Gasteiger partial charge in [0.15, 0.2) is 9.84 Å². The maximum absolute atomic E-state index is 13.5. The van der Waals surface area contributed by atoms with Gasteiger partial charge in [0, 0.05) is 32.2 Å². The summed E-state index contributed by atoms with van der Waals surface area (Å²) in [5.41, 5.74) is 3.93. The van der Waals surface area contributed by atoms with Crippen LogP contribution in [-0.2, 0) is 9.84 Å². The van der Waals surface area contributed by atoms with Gasteiger partial charge in [-0.25, -0.2) is 23.2 Å². The maximum Gasteiger partial charge on any atom is 0.178 e. The van der Waals surface area contributed by atoms with E-state index in [0.717, 1.165) is 26.2 Å². The Labute approximate surface area is 124 Å². The Bertz CT molecular complexity index is 627. The van der Waals surface area contributed by atoms with Crippen LogP contribution in [0.2, 0.25) is 0 Å². The van der Waals surface area contributed by atoms with Crippen molar-refractivity contribution in [3.63, 3.8) is 0 Å². The second-order valence-electron chi connectivity index (χ2n) is 5.76. The molecule has 21 heavy (non-hydrogen) atoms.